The minimum absolute atomic E-state index is 0.0525. The van der Waals surface area contributed by atoms with Gasteiger partial charge in [0.05, 0.1) is 16.2 Å². The predicted molar refractivity (Wildman–Crippen MR) is 115 cm³/mol. The Balaban J connectivity index is 1.63. The Morgan fingerprint density at radius 3 is 2.48 bits per heavy atom. The first kappa shape index (κ1) is 20.3. The molecule has 0 radical (unpaired) electrons. The first-order valence-corrected chi connectivity index (χ1v) is 9.96. The maximum atomic E-state index is 14.1. The van der Waals surface area contributed by atoms with E-state index in [0.717, 1.165) is 17.4 Å². The summed E-state index contributed by atoms with van der Waals surface area (Å²) < 4.78 is 15.7. The molecule has 0 unspecified atom stereocenters. The number of para-hydroxylation sites is 1. The van der Waals surface area contributed by atoms with Gasteiger partial charge < -0.3 is 5.32 Å². The zero-order valence-electron chi connectivity index (χ0n) is 15.9. The van der Waals surface area contributed by atoms with E-state index in [-0.39, 0.29) is 17.1 Å². The van der Waals surface area contributed by atoms with E-state index >= 15 is 0 Å². The van der Waals surface area contributed by atoms with Crippen molar-refractivity contribution in [2.24, 2.45) is 0 Å². The van der Waals surface area contributed by atoms with Gasteiger partial charge in [0, 0.05) is 34.2 Å². The molecule has 1 aromatic heterocycles. The molecule has 7 nitrogen and oxygen atoms in total. The second kappa shape index (κ2) is 8.80. The fourth-order valence-electron chi connectivity index (χ4n) is 2.84. The second-order valence-electron chi connectivity index (χ2n) is 6.41. The van der Waals surface area contributed by atoms with Crippen LogP contribution < -0.4 is 5.32 Å². The number of rotatable bonds is 6. The molecule has 0 atom stereocenters. The number of hydrogen-bond donors (Lipinski definition) is 1. The molecule has 0 aliphatic carbocycles. The third-order valence-electron chi connectivity index (χ3n) is 4.33. The summed E-state index contributed by atoms with van der Waals surface area (Å²) >= 11 is 1.02. The number of carbonyl (C=O) groups is 1. The lowest BCUT2D eigenvalue weighted by Crippen LogP contribution is -2.14. The Morgan fingerprint density at radius 2 is 1.74 bits per heavy atom. The number of nitrogens with one attached hydrogen (secondary N) is 1. The van der Waals surface area contributed by atoms with Crippen LogP contribution in [0.3, 0.4) is 0 Å². The number of nitro groups is 1. The summed E-state index contributed by atoms with van der Waals surface area (Å²) in [6, 6.07) is 21.0. The van der Waals surface area contributed by atoms with Crippen molar-refractivity contribution in [3.8, 4) is 5.69 Å². The van der Waals surface area contributed by atoms with Crippen molar-refractivity contribution >= 4 is 29.2 Å². The van der Waals surface area contributed by atoms with Crippen LogP contribution in [0, 0.1) is 15.9 Å². The van der Waals surface area contributed by atoms with E-state index in [1.165, 1.54) is 24.3 Å². The topological polar surface area (TPSA) is 90.1 Å². The lowest BCUT2D eigenvalue weighted by Gasteiger charge is -2.09. The first-order valence-electron chi connectivity index (χ1n) is 9.14. The average molecular weight is 434 g/mol. The van der Waals surface area contributed by atoms with Crippen LogP contribution in [0.5, 0.6) is 0 Å². The molecule has 0 aliphatic rings. The van der Waals surface area contributed by atoms with Gasteiger partial charge in [-0.15, -0.1) is 0 Å². The lowest BCUT2D eigenvalue weighted by molar-refractivity contribution is -0.384. The van der Waals surface area contributed by atoms with E-state index in [4.69, 9.17) is 0 Å². The number of non-ortho nitro benzene ring substituents is 1. The number of halogens is 1. The maximum absolute atomic E-state index is 14.1. The standard InChI is InChI=1S/C22H15FN4O3S/c23-18-8-4-5-9-20(18)31-19-11-10-16(27(29)30)14-17(19)22(28)24-21-12-13-26(25-21)15-6-2-1-3-7-15/h1-14H,(H,24,25,28). The van der Waals surface area contributed by atoms with Crippen LogP contribution in [0.25, 0.3) is 5.69 Å². The molecule has 0 saturated heterocycles. The highest BCUT2D eigenvalue weighted by Crippen LogP contribution is 2.34. The Kier molecular flexibility index (Phi) is 5.76. The van der Waals surface area contributed by atoms with Crippen molar-refractivity contribution in [1.29, 1.82) is 0 Å². The van der Waals surface area contributed by atoms with Crippen LogP contribution >= 0.6 is 11.8 Å². The van der Waals surface area contributed by atoms with Crippen LogP contribution in [0.4, 0.5) is 15.9 Å². The van der Waals surface area contributed by atoms with Gasteiger partial charge in [-0.2, -0.15) is 5.10 Å². The minimum Gasteiger partial charge on any atom is -0.305 e. The van der Waals surface area contributed by atoms with Crippen LogP contribution in [0.2, 0.25) is 0 Å². The van der Waals surface area contributed by atoms with Crippen LogP contribution in [0.15, 0.2) is 94.9 Å². The van der Waals surface area contributed by atoms with Gasteiger partial charge in [0.25, 0.3) is 11.6 Å². The molecule has 0 fully saturated rings. The molecule has 3 aromatic carbocycles. The number of amides is 1. The monoisotopic (exact) mass is 434 g/mol. The van der Waals surface area contributed by atoms with E-state index in [1.807, 2.05) is 30.3 Å². The largest absolute Gasteiger partial charge is 0.305 e. The molecular formula is C22H15FN4O3S. The first-order chi connectivity index (χ1) is 15.0. The van der Waals surface area contributed by atoms with E-state index in [2.05, 4.69) is 10.4 Å². The summed E-state index contributed by atoms with van der Waals surface area (Å²) in [5, 5.41) is 18.2. The molecule has 31 heavy (non-hydrogen) atoms. The highest BCUT2D eigenvalue weighted by molar-refractivity contribution is 7.99. The summed E-state index contributed by atoms with van der Waals surface area (Å²) in [5.41, 5.74) is 0.628. The zero-order chi connectivity index (χ0) is 21.8. The SMILES string of the molecule is O=C(Nc1ccn(-c2ccccc2)n1)c1cc([N+](=O)[O-])ccc1Sc1ccccc1F. The molecule has 1 N–H and O–H groups in total. The quantitative estimate of drug-likeness (QED) is 0.328. The molecule has 4 rings (SSSR count). The average Bonchev–Trinajstić information content (AvgIpc) is 3.24. The Morgan fingerprint density at radius 1 is 1.00 bits per heavy atom. The van der Waals surface area contributed by atoms with Gasteiger partial charge in [-0.1, -0.05) is 42.1 Å². The summed E-state index contributed by atoms with van der Waals surface area (Å²) in [5.74, 6) is -0.748. The molecule has 4 aromatic rings. The van der Waals surface area contributed by atoms with Crippen LogP contribution in [-0.4, -0.2) is 20.6 Å². The highest BCUT2D eigenvalue weighted by atomic mass is 32.2. The number of benzene rings is 3. The molecule has 0 aliphatic heterocycles. The van der Waals surface area contributed by atoms with Crippen molar-refractivity contribution in [1.82, 2.24) is 9.78 Å². The third kappa shape index (κ3) is 4.62. The molecule has 0 spiro atoms. The van der Waals surface area contributed by atoms with Gasteiger partial charge in [-0.25, -0.2) is 9.07 Å². The van der Waals surface area contributed by atoms with E-state index < -0.39 is 16.6 Å². The van der Waals surface area contributed by atoms with Crippen molar-refractivity contribution in [2.75, 3.05) is 5.32 Å². The van der Waals surface area contributed by atoms with Crippen molar-refractivity contribution < 1.29 is 14.1 Å². The number of carbonyl (C=O) groups excluding carboxylic acids is 1. The van der Waals surface area contributed by atoms with Crippen molar-refractivity contribution in [3.63, 3.8) is 0 Å². The highest BCUT2D eigenvalue weighted by Gasteiger charge is 2.19. The van der Waals surface area contributed by atoms with Gasteiger partial charge in [-0.05, 0) is 30.3 Å². The third-order valence-corrected chi connectivity index (χ3v) is 5.45. The zero-order valence-corrected chi connectivity index (χ0v) is 16.8. The number of nitro benzene ring substituents is 1. The van der Waals surface area contributed by atoms with Gasteiger partial charge in [-0.3, -0.25) is 14.9 Å². The van der Waals surface area contributed by atoms with Gasteiger partial charge in [0.2, 0.25) is 0 Å². The molecule has 0 bridgehead atoms. The second-order valence-corrected chi connectivity index (χ2v) is 7.49. The Hall–Kier alpha value is -3.98. The van der Waals surface area contributed by atoms with Crippen molar-refractivity contribution in [2.45, 2.75) is 9.79 Å². The van der Waals surface area contributed by atoms with Crippen LogP contribution in [0.1, 0.15) is 10.4 Å². The summed E-state index contributed by atoms with van der Waals surface area (Å²) in [4.78, 5) is 24.3. The molecule has 154 valence electrons. The van der Waals surface area contributed by atoms with Crippen molar-refractivity contribution in [3.05, 3.63) is 107 Å². The molecule has 1 heterocycles. The number of anilines is 1. The summed E-state index contributed by atoms with van der Waals surface area (Å²) in [7, 11) is 0. The van der Waals surface area contributed by atoms with Gasteiger partial charge in [0.1, 0.15) is 5.82 Å². The van der Waals surface area contributed by atoms with Crippen LogP contribution in [-0.2, 0) is 0 Å². The fraction of sp³-hybridized carbons (Fsp3) is 0. The van der Waals surface area contributed by atoms with Gasteiger partial charge in [0.15, 0.2) is 5.82 Å². The smallest absolute Gasteiger partial charge is 0.270 e. The predicted octanol–water partition coefficient (Wildman–Crippen LogP) is 5.32. The Labute approximate surface area is 180 Å². The number of aromatic nitrogens is 2. The maximum Gasteiger partial charge on any atom is 0.270 e. The molecule has 0 saturated carbocycles. The molecular weight excluding hydrogens is 419 g/mol. The Bertz CT molecular complexity index is 1260. The normalized spacial score (nSPS) is 10.6. The summed E-state index contributed by atoms with van der Waals surface area (Å²) in [6.07, 6.45) is 1.69. The molecule has 9 heteroatoms. The van der Waals surface area contributed by atoms with E-state index in [0.29, 0.717) is 9.79 Å². The van der Waals surface area contributed by atoms with E-state index in [9.17, 15) is 19.3 Å². The number of nitrogens with zero attached hydrogens (tertiary/aromatic N) is 3. The van der Waals surface area contributed by atoms with Gasteiger partial charge >= 0.3 is 0 Å². The lowest BCUT2D eigenvalue weighted by atomic mass is 10.2. The number of hydrogen-bond acceptors (Lipinski definition) is 5. The summed E-state index contributed by atoms with van der Waals surface area (Å²) in [6.45, 7) is 0. The minimum atomic E-state index is -0.585. The van der Waals surface area contributed by atoms with E-state index in [1.54, 1.807) is 35.1 Å². The fourth-order valence-corrected chi connectivity index (χ4v) is 3.79. The molecule has 1 amide bonds.